The van der Waals surface area contributed by atoms with E-state index in [2.05, 4.69) is 297 Å². The zero-order chi connectivity index (χ0) is 91.8. The first-order valence-corrected chi connectivity index (χ1v) is 48.1. The Morgan fingerprint density at radius 2 is 0.496 bits per heavy atom. The quantitative estimate of drug-likeness (QED) is 0.109. The van der Waals surface area contributed by atoms with Crippen molar-refractivity contribution in [2.24, 2.45) is 0 Å². The maximum absolute atomic E-state index is 6.13. The normalized spacial score (nSPS) is 11.6. The molecular formula is C127H77N9OS2. The third kappa shape index (κ3) is 15.3. The van der Waals surface area contributed by atoms with Gasteiger partial charge in [-0.05, 0) is 182 Å². The van der Waals surface area contributed by atoms with Gasteiger partial charge in [0.05, 0.1) is 0 Å². The lowest BCUT2D eigenvalue weighted by molar-refractivity contribution is 0.669. The lowest BCUT2D eigenvalue weighted by Gasteiger charge is -2.15. The van der Waals surface area contributed by atoms with Gasteiger partial charge in [0.25, 0.3) is 0 Å². The number of furan rings is 1. The first kappa shape index (κ1) is 81.7. The van der Waals surface area contributed by atoms with Crippen LogP contribution in [-0.4, -0.2) is 44.9 Å². The molecule has 22 aromatic carbocycles. The minimum absolute atomic E-state index is 0.650. The Balaban J connectivity index is 0.000000108. The lowest BCUT2D eigenvalue weighted by Crippen LogP contribution is -2.01. The molecule has 0 aliphatic rings. The number of benzene rings is 22. The van der Waals surface area contributed by atoms with Crippen LogP contribution in [0.4, 0.5) is 0 Å². The molecule has 0 unspecified atom stereocenters. The third-order valence-corrected chi connectivity index (χ3v) is 28.8. The molecule has 0 aliphatic carbocycles. The molecule has 0 amide bonds. The summed E-state index contributed by atoms with van der Waals surface area (Å²) in [5, 5.41) is 24.4. The molecule has 0 bridgehead atoms. The van der Waals surface area contributed by atoms with E-state index in [4.69, 9.17) is 49.3 Å². The maximum atomic E-state index is 6.13. The molecule has 648 valence electrons. The predicted octanol–water partition coefficient (Wildman–Crippen LogP) is 34.3. The molecule has 0 spiro atoms. The molecule has 6 aromatic heterocycles. The Bertz CT molecular complexity index is 9550. The molecule has 6 heterocycles. The molecular weight excluding hydrogens is 1730 g/mol. The zero-order valence-corrected chi connectivity index (χ0v) is 76.3. The standard InChI is InChI=1S/C45H27N3S.C41H25N3O.C41H25N3S/c1-3-12-29(13-4-1)43-46-44(30-14-5-2-6-15-30)48-45(47-43)40-27-38-33(21-19-28-11-7-8-16-35(28)38)24-37(40)32-22-20-31-26-42-39(25-34(31)23-32)36-17-9-10-18-41(36)49-42;1-3-10-26(11-4-1)39-42-40(27-12-5-2-6-13-27)44-41(43-39)31-19-21-33-28(25-31)14-9-16-32(33)29-18-22-34-30(24-29)20-23-37-38(34)35-15-7-8-17-36(35)45-37;1-3-10-26(11-4-1)39-42-40(27-12-5-2-6-13-27)44-41(43-39)31-21-19-28-24-30(20-18-29(28)25-31)32-15-9-16-35-33(32)22-23-36-34-14-7-8-17-37(34)45-38(35)36/h1-27H;2*1-25H. The molecule has 0 saturated carbocycles. The highest BCUT2D eigenvalue weighted by Crippen LogP contribution is 2.47. The van der Waals surface area contributed by atoms with E-state index in [1.807, 2.05) is 193 Å². The second-order valence-electron chi connectivity index (χ2n) is 35.0. The molecule has 0 atom stereocenters. The molecule has 0 fully saturated rings. The van der Waals surface area contributed by atoms with Crippen molar-refractivity contribution in [1.29, 1.82) is 0 Å². The van der Waals surface area contributed by atoms with E-state index in [0.717, 1.165) is 88.5 Å². The van der Waals surface area contributed by atoms with Crippen LogP contribution >= 0.6 is 22.7 Å². The second kappa shape index (κ2) is 34.8. The average Bonchev–Trinajstić information content (AvgIpc) is 1.74. The van der Waals surface area contributed by atoms with Crippen LogP contribution in [0.5, 0.6) is 0 Å². The molecule has 0 N–H and O–H groups in total. The number of para-hydroxylation sites is 1. The zero-order valence-electron chi connectivity index (χ0n) is 74.7. The van der Waals surface area contributed by atoms with Crippen molar-refractivity contribution in [3.05, 3.63) is 467 Å². The van der Waals surface area contributed by atoms with Crippen LogP contribution in [0.3, 0.4) is 0 Å². The number of nitrogens with zero attached hydrogens (tertiary/aromatic N) is 9. The van der Waals surface area contributed by atoms with Gasteiger partial charge in [-0.15, -0.1) is 22.7 Å². The predicted molar refractivity (Wildman–Crippen MR) is 580 cm³/mol. The van der Waals surface area contributed by atoms with Crippen molar-refractivity contribution in [3.63, 3.8) is 0 Å². The van der Waals surface area contributed by atoms with Gasteiger partial charge in [0.15, 0.2) is 52.4 Å². The van der Waals surface area contributed by atoms with Crippen molar-refractivity contribution in [2.75, 3.05) is 0 Å². The van der Waals surface area contributed by atoms with E-state index >= 15 is 0 Å². The SMILES string of the molecule is c1ccc(-c2nc(-c3ccccc3)nc(-c3cc4c(ccc5ccccc54)cc3-c3ccc4cc5sc6ccccc6c5cc4c3)n2)cc1.c1ccc(-c2nc(-c3ccccc3)nc(-c3ccc4c(-c5ccc6c(ccc7oc8ccccc8c76)c5)cccc4c3)n2)cc1.c1ccc(-c2nc(-c3ccccc3)nc(-c3ccc4cc(-c5cccc6c5ccc5c7ccccc7sc65)ccc4c3)n2)cc1. The number of rotatable bonds is 12. The molecule has 28 aromatic rings. The van der Waals surface area contributed by atoms with E-state index in [1.165, 1.54) is 133 Å². The van der Waals surface area contributed by atoms with Crippen molar-refractivity contribution in [3.8, 4) is 136 Å². The van der Waals surface area contributed by atoms with Crippen LogP contribution in [0.2, 0.25) is 0 Å². The highest BCUT2D eigenvalue weighted by molar-refractivity contribution is 7.27. The van der Waals surface area contributed by atoms with Crippen molar-refractivity contribution in [2.45, 2.75) is 0 Å². The van der Waals surface area contributed by atoms with E-state index in [0.29, 0.717) is 52.4 Å². The molecule has 139 heavy (non-hydrogen) atoms. The summed E-state index contributed by atoms with van der Waals surface area (Å²) in [6, 6.07) is 164. The largest absolute Gasteiger partial charge is 0.456 e. The highest BCUT2D eigenvalue weighted by atomic mass is 32.1. The van der Waals surface area contributed by atoms with Gasteiger partial charge in [-0.25, -0.2) is 44.9 Å². The van der Waals surface area contributed by atoms with Crippen LogP contribution in [0.25, 0.3) is 274 Å². The third-order valence-electron chi connectivity index (χ3n) is 26.5. The van der Waals surface area contributed by atoms with Crippen LogP contribution in [0.15, 0.2) is 472 Å². The first-order valence-electron chi connectivity index (χ1n) is 46.5. The highest BCUT2D eigenvalue weighted by Gasteiger charge is 2.23. The van der Waals surface area contributed by atoms with Crippen molar-refractivity contribution in [1.82, 2.24) is 44.9 Å². The summed E-state index contributed by atoms with van der Waals surface area (Å²) >= 11 is 3.74. The average molecular weight is 1810 g/mol. The van der Waals surface area contributed by atoms with E-state index in [-0.39, 0.29) is 0 Å². The Kier molecular flexibility index (Phi) is 20.4. The second-order valence-corrected chi connectivity index (χ2v) is 37.1. The molecule has 12 heteroatoms. The summed E-state index contributed by atoms with van der Waals surface area (Å²) in [6.07, 6.45) is 0. The summed E-state index contributed by atoms with van der Waals surface area (Å²) in [5.41, 5.74) is 17.5. The number of hydrogen-bond donors (Lipinski definition) is 0. The smallest absolute Gasteiger partial charge is 0.164 e. The molecule has 10 nitrogen and oxygen atoms in total. The van der Waals surface area contributed by atoms with Gasteiger partial charge in [-0.3, -0.25) is 0 Å². The van der Waals surface area contributed by atoms with Gasteiger partial charge in [0.1, 0.15) is 11.2 Å². The number of fused-ring (bicyclic) bond motifs is 19. The number of thiophene rings is 2. The summed E-state index contributed by atoms with van der Waals surface area (Å²) < 4.78 is 11.4. The van der Waals surface area contributed by atoms with Gasteiger partial charge in [0, 0.05) is 107 Å². The van der Waals surface area contributed by atoms with Gasteiger partial charge < -0.3 is 4.42 Å². The van der Waals surface area contributed by atoms with E-state index in [9.17, 15) is 0 Å². The molecule has 28 rings (SSSR count). The van der Waals surface area contributed by atoms with Crippen molar-refractivity contribution < 1.29 is 4.42 Å². The van der Waals surface area contributed by atoms with Gasteiger partial charge in [-0.2, -0.15) is 0 Å². The Hall–Kier alpha value is -18.1. The maximum Gasteiger partial charge on any atom is 0.164 e. The summed E-state index contributed by atoms with van der Waals surface area (Å²) in [5.74, 6) is 5.91. The minimum atomic E-state index is 0.650. The minimum Gasteiger partial charge on any atom is -0.456 e. The Labute approximate surface area is 806 Å². The summed E-state index contributed by atoms with van der Waals surface area (Å²) in [4.78, 5) is 44.7. The number of hydrogen-bond acceptors (Lipinski definition) is 12. The summed E-state index contributed by atoms with van der Waals surface area (Å²) in [7, 11) is 0. The van der Waals surface area contributed by atoms with Gasteiger partial charge in [0.2, 0.25) is 0 Å². The van der Waals surface area contributed by atoms with Crippen LogP contribution in [-0.2, 0) is 0 Å². The fourth-order valence-electron chi connectivity index (χ4n) is 19.7. The van der Waals surface area contributed by atoms with E-state index < -0.39 is 0 Å². The number of aromatic nitrogens is 9. The fourth-order valence-corrected chi connectivity index (χ4v) is 22.0. The first-order chi connectivity index (χ1) is 68.8. The summed E-state index contributed by atoms with van der Waals surface area (Å²) in [6.45, 7) is 0. The molecule has 0 radical (unpaired) electrons. The molecule has 0 saturated heterocycles. The lowest BCUT2D eigenvalue weighted by atomic mass is 9.91. The Morgan fingerprint density at radius 3 is 1.08 bits per heavy atom. The van der Waals surface area contributed by atoms with Crippen LogP contribution in [0, 0.1) is 0 Å². The fraction of sp³-hybridized carbons (Fsp3) is 0. The van der Waals surface area contributed by atoms with Crippen molar-refractivity contribution >= 4 is 160 Å². The van der Waals surface area contributed by atoms with Gasteiger partial charge in [-0.1, -0.05) is 388 Å². The van der Waals surface area contributed by atoms with E-state index in [1.54, 1.807) is 0 Å². The van der Waals surface area contributed by atoms with Gasteiger partial charge >= 0.3 is 0 Å². The topological polar surface area (TPSA) is 129 Å². The Morgan fingerprint density at radius 1 is 0.144 bits per heavy atom. The molecule has 0 aliphatic heterocycles. The van der Waals surface area contributed by atoms with Crippen LogP contribution < -0.4 is 0 Å². The monoisotopic (exact) mass is 1810 g/mol. The van der Waals surface area contributed by atoms with Crippen LogP contribution in [0.1, 0.15) is 0 Å².